The largest absolute Gasteiger partial charge is 0.491 e. The van der Waals surface area contributed by atoms with Gasteiger partial charge in [0.05, 0.1) is 6.10 Å². The summed E-state index contributed by atoms with van der Waals surface area (Å²) < 4.78 is 5.68. The molecule has 1 fully saturated rings. The molecule has 0 aromatic heterocycles. The Hall–Kier alpha value is -1.02. The average molecular weight is 275 g/mol. The summed E-state index contributed by atoms with van der Waals surface area (Å²) in [6, 6.07) is 9.22. The molecule has 2 heteroatoms. The van der Waals surface area contributed by atoms with Crippen LogP contribution in [0.2, 0.25) is 0 Å². The molecule has 0 aliphatic heterocycles. The van der Waals surface area contributed by atoms with Crippen LogP contribution in [0.5, 0.6) is 5.75 Å². The first-order valence-electron chi connectivity index (χ1n) is 8.18. The maximum absolute atomic E-state index is 5.68. The molecule has 1 saturated carbocycles. The van der Waals surface area contributed by atoms with Crippen molar-refractivity contribution in [2.24, 2.45) is 5.92 Å². The summed E-state index contributed by atoms with van der Waals surface area (Å²) >= 11 is 0. The molecule has 1 aliphatic rings. The van der Waals surface area contributed by atoms with E-state index >= 15 is 0 Å². The lowest BCUT2D eigenvalue weighted by atomic mass is 9.83. The van der Waals surface area contributed by atoms with Gasteiger partial charge in [-0.2, -0.15) is 0 Å². The molecule has 1 aromatic rings. The Bertz CT molecular complexity index is 385. The van der Waals surface area contributed by atoms with Gasteiger partial charge in [-0.1, -0.05) is 38.3 Å². The van der Waals surface area contributed by atoms with Crippen molar-refractivity contribution in [2.45, 2.75) is 71.6 Å². The zero-order valence-electron chi connectivity index (χ0n) is 13.2. The monoisotopic (exact) mass is 275 g/mol. The van der Waals surface area contributed by atoms with Crippen molar-refractivity contribution in [2.75, 3.05) is 0 Å². The van der Waals surface area contributed by atoms with Crippen molar-refractivity contribution in [1.82, 2.24) is 5.32 Å². The maximum atomic E-state index is 5.68. The summed E-state index contributed by atoms with van der Waals surface area (Å²) in [5, 5.41) is 3.76. The molecular weight excluding hydrogens is 246 g/mol. The Morgan fingerprint density at radius 1 is 1.15 bits per heavy atom. The summed E-state index contributed by atoms with van der Waals surface area (Å²) in [6.45, 7) is 7.42. The van der Waals surface area contributed by atoms with E-state index in [4.69, 9.17) is 4.74 Å². The van der Waals surface area contributed by atoms with Crippen LogP contribution >= 0.6 is 0 Å². The predicted octanol–water partition coefficient (Wildman–Crippen LogP) is 4.53. The summed E-state index contributed by atoms with van der Waals surface area (Å²) in [4.78, 5) is 0. The van der Waals surface area contributed by atoms with Gasteiger partial charge in [0, 0.05) is 12.6 Å². The van der Waals surface area contributed by atoms with Gasteiger partial charge in [-0.25, -0.2) is 0 Å². The quantitative estimate of drug-likeness (QED) is 0.823. The number of nitrogens with one attached hydrogen (secondary N) is 1. The van der Waals surface area contributed by atoms with Gasteiger partial charge in [0.2, 0.25) is 0 Å². The highest BCUT2D eigenvalue weighted by Crippen LogP contribution is 2.27. The highest BCUT2D eigenvalue weighted by atomic mass is 16.5. The van der Waals surface area contributed by atoms with E-state index in [0.717, 1.165) is 18.2 Å². The fraction of sp³-hybridized carbons (Fsp3) is 0.667. The Morgan fingerprint density at radius 3 is 2.50 bits per heavy atom. The molecule has 0 saturated heterocycles. The summed E-state index contributed by atoms with van der Waals surface area (Å²) in [5.41, 5.74) is 1.35. The van der Waals surface area contributed by atoms with Gasteiger partial charge in [-0.15, -0.1) is 0 Å². The highest BCUT2D eigenvalue weighted by Gasteiger charge is 2.22. The molecule has 0 amide bonds. The van der Waals surface area contributed by atoms with Crippen LogP contribution in [0.3, 0.4) is 0 Å². The number of rotatable bonds is 6. The SMILES string of the molecule is CCC1CCCCC1NCc1ccc(OC(C)C)cc1. The first kappa shape index (κ1) is 15.4. The minimum atomic E-state index is 0.242. The van der Waals surface area contributed by atoms with Gasteiger partial charge in [0.15, 0.2) is 0 Å². The molecule has 0 heterocycles. The van der Waals surface area contributed by atoms with E-state index in [1.165, 1.54) is 37.7 Å². The Kier molecular flexibility index (Phi) is 5.90. The van der Waals surface area contributed by atoms with E-state index in [1.54, 1.807) is 0 Å². The Balaban J connectivity index is 1.83. The fourth-order valence-corrected chi connectivity index (χ4v) is 3.17. The number of hydrogen-bond acceptors (Lipinski definition) is 2. The zero-order valence-corrected chi connectivity index (χ0v) is 13.2. The number of hydrogen-bond donors (Lipinski definition) is 1. The van der Waals surface area contributed by atoms with Crippen molar-refractivity contribution < 1.29 is 4.74 Å². The smallest absolute Gasteiger partial charge is 0.119 e. The molecule has 1 aromatic carbocycles. The lowest BCUT2D eigenvalue weighted by Crippen LogP contribution is -2.37. The third-order valence-electron chi connectivity index (χ3n) is 4.30. The Labute approximate surface area is 123 Å². The third-order valence-corrected chi connectivity index (χ3v) is 4.30. The molecule has 112 valence electrons. The molecule has 1 N–H and O–H groups in total. The zero-order chi connectivity index (χ0) is 14.4. The topological polar surface area (TPSA) is 21.3 Å². The van der Waals surface area contributed by atoms with Crippen LogP contribution in [0.1, 0.15) is 58.4 Å². The number of benzene rings is 1. The standard InChI is InChI=1S/C18H29NO/c1-4-16-7-5-6-8-18(16)19-13-15-9-11-17(12-10-15)20-14(2)3/h9-12,14,16,18-19H,4-8,13H2,1-3H3. The first-order chi connectivity index (χ1) is 9.69. The van der Waals surface area contributed by atoms with Crippen molar-refractivity contribution in [3.05, 3.63) is 29.8 Å². The van der Waals surface area contributed by atoms with Crippen molar-refractivity contribution >= 4 is 0 Å². The van der Waals surface area contributed by atoms with Gasteiger partial charge >= 0.3 is 0 Å². The van der Waals surface area contributed by atoms with E-state index in [2.05, 4.69) is 50.4 Å². The van der Waals surface area contributed by atoms with Crippen LogP contribution in [0.4, 0.5) is 0 Å². The van der Waals surface area contributed by atoms with E-state index in [0.29, 0.717) is 6.04 Å². The first-order valence-corrected chi connectivity index (χ1v) is 8.18. The van der Waals surface area contributed by atoms with Crippen molar-refractivity contribution in [1.29, 1.82) is 0 Å². The molecule has 0 bridgehead atoms. The van der Waals surface area contributed by atoms with Crippen LogP contribution in [0.25, 0.3) is 0 Å². The minimum absolute atomic E-state index is 0.242. The second kappa shape index (κ2) is 7.68. The fourth-order valence-electron chi connectivity index (χ4n) is 3.17. The van der Waals surface area contributed by atoms with E-state index < -0.39 is 0 Å². The van der Waals surface area contributed by atoms with Crippen LogP contribution in [0, 0.1) is 5.92 Å². The lowest BCUT2D eigenvalue weighted by molar-refractivity contribution is 0.242. The van der Waals surface area contributed by atoms with Crippen LogP contribution in [0.15, 0.2) is 24.3 Å². The van der Waals surface area contributed by atoms with Gasteiger partial charge in [-0.3, -0.25) is 0 Å². The minimum Gasteiger partial charge on any atom is -0.491 e. The third kappa shape index (κ3) is 4.52. The van der Waals surface area contributed by atoms with Gasteiger partial charge in [-0.05, 0) is 50.3 Å². The molecule has 0 spiro atoms. The molecule has 20 heavy (non-hydrogen) atoms. The molecule has 1 aliphatic carbocycles. The molecular formula is C18H29NO. The predicted molar refractivity (Wildman–Crippen MR) is 85.1 cm³/mol. The van der Waals surface area contributed by atoms with Crippen molar-refractivity contribution in [3.63, 3.8) is 0 Å². The molecule has 2 unspecified atom stereocenters. The van der Waals surface area contributed by atoms with E-state index in [-0.39, 0.29) is 6.10 Å². The second-order valence-corrected chi connectivity index (χ2v) is 6.25. The molecule has 2 rings (SSSR count). The van der Waals surface area contributed by atoms with E-state index in [1.807, 2.05) is 0 Å². The van der Waals surface area contributed by atoms with Crippen LogP contribution < -0.4 is 10.1 Å². The molecule has 2 atom stereocenters. The normalized spacial score (nSPS) is 23.0. The maximum Gasteiger partial charge on any atom is 0.119 e. The van der Waals surface area contributed by atoms with Gasteiger partial charge in [0.1, 0.15) is 5.75 Å². The average Bonchev–Trinajstić information content (AvgIpc) is 2.46. The molecule has 0 radical (unpaired) electrons. The second-order valence-electron chi connectivity index (χ2n) is 6.25. The van der Waals surface area contributed by atoms with Gasteiger partial charge in [0.25, 0.3) is 0 Å². The summed E-state index contributed by atoms with van der Waals surface area (Å²) in [6.07, 6.45) is 7.08. The lowest BCUT2D eigenvalue weighted by Gasteiger charge is -2.31. The van der Waals surface area contributed by atoms with E-state index in [9.17, 15) is 0 Å². The Morgan fingerprint density at radius 2 is 1.85 bits per heavy atom. The van der Waals surface area contributed by atoms with Crippen molar-refractivity contribution in [3.8, 4) is 5.75 Å². The van der Waals surface area contributed by atoms with Gasteiger partial charge < -0.3 is 10.1 Å². The number of ether oxygens (including phenoxy) is 1. The summed E-state index contributed by atoms with van der Waals surface area (Å²) in [7, 11) is 0. The summed E-state index contributed by atoms with van der Waals surface area (Å²) in [5.74, 6) is 1.83. The highest BCUT2D eigenvalue weighted by molar-refractivity contribution is 5.27. The van der Waals surface area contributed by atoms with Crippen LogP contribution in [-0.4, -0.2) is 12.1 Å². The molecule has 2 nitrogen and oxygen atoms in total. The van der Waals surface area contributed by atoms with Crippen LogP contribution in [-0.2, 0) is 6.54 Å².